The second kappa shape index (κ2) is 14.2. The van der Waals surface area contributed by atoms with Crippen molar-refractivity contribution >= 4 is 24.1 Å². The lowest BCUT2D eigenvalue weighted by Gasteiger charge is -2.02. The minimum Gasteiger partial charge on any atom is -0.466 e. The first-order valence-electron chi connectivity index (χ1n) is 8.24. The molecule has 4 heteroatoms. The van der Waals surface area contributed by atoms with Crippen LogP contribution in [0, 0.1) is 0 Å². The Balaban J connectivity index is 0.000000463. The lowest BCUT2D eigenvalue weighted by atomic mass is 10.1. The molecule has 1 aromatic carbocycles. The summed E-state index contributed by atoms with van der Waals surface area (Å²) >= 11 is 0. The van der Waals surface area contributed by atoms with Crippen LogP contribution in [-0.2, 0) is 19.1 Å². The van der Waals surface area contributed by atoms with Crippen LogP contribution in [0.1, 0.15) is 50.7 Å². The van der Waals surface area contributed by atoms with Gasteiger partial charge >= 0.3 is 11.9 Å². The normalized spacial score (nSPS) is 9.25. The lowest BCUT2D eigenvalue weighted by Crippen LogP contribution is -2.06. The minimum atomic E-state index is -0.198. The van der Waals surface area contributed by atoms with Crippen molar-refractivity contribution in [1.82, 2.24) is 0 Å². The highest BCUT2D eigenvalue weighted by atomic mass is 16.5. The molecule has 0 aliphatic rings. The topological polar surface area (TPSA) is 52.6 Å². The van der Waals surface area contributed by atoms with Crippen molar-refractivity contribution in [3.05, 3.63) is 48.6 Å². The van der Waals surface area contributed by atoms with E-state index in [9.17, 15) is 9.59 Å². The fourth-order valence-corrected chi connectivity index (χ4v) is 1.89. The summed E-state index contributed by atoms with van der Waals surface area (Å²) in [6, 6.07) is 8.02. The zero-order chi connectivity index (χ0) is 18.2. The summed E-state index contributed by atoms with van der Waals surface area (Å²) < 4.78 is 9.48. The molecule has 0 bridgehead atoms. The molecule has 0 aliphatic heterocycles. The Bertz CT molecular complexity index is 473. The molecule has 0 saturated heterocycles. The van der Waals surface area contributed by atoms with Gasteiger partial charge in [0.15, 0.2) is 0 Å². The van der Waals surface area contributed by atoms with Crippen molar-refractivity contribution in [1.29, 1.82) is 0 Å². The van der Waals surface area contributed by atoms with Gasteiger partial charge in [0, 0.05) is 12.8 Å². The lowest BCUT2D eigenvalue weighted by molar-refractivity contribution is -0.145. The Hall–Kier alpha value is -2.36. The zero-order valence-corrected chi connectivity index (χ0v) is 14.8. The van der Waals surface area contributed by atoms with Gasteiger partial charge < -0.3 is 9.47 Å². The van der Waals surface area contributed by atoms with Gasteiger partial charge in [0.2, 0.25) is 0 Å². The number of hydrogen-bond acceptors (Lipinski definition) is 4. The summed E-state index contributed by atoms with van der Waals surface area (Å²) in [5, 5.41) is 0. The van der Waals surface area contributed by atoms with E-state index in [-0.39, 0.29) is 11.9 Å². The summed E-state index contributed by atoms with van der Waals surface area (Å²) in [5.74, 6) is -0.396. The molecule has 1 rings (SSSR count). The van der Waals surface area contributed by atoms with E-state index in [1.807, 2.05) is 36.4 Å². The third-order valence-corrected chi connectivity index (χ3v) is 3.06. The van der Waals surface area contributed by atoms with Crippen molar-refractivity contribution in [2.75, 3.05) is 13.2 Å². The van der Waals surface area contributed by atoms with Gasteiger partial charge in [0.1, 0.15) is 0 Å². The van der Waals surface area contributed by atoms with E-state index in [2.05, 4.69) is 13.2 Å². The van der Waals surface area contributed by atoms with Crippen molar-refractivity contribution in [2.24, 2.45) is 0 Å². The predicted octanol–water partition coefficient (Wildman–Crippen LogP) is 4.65. The Labute approximate surface area is 145 Å². The fourth-order valence-electron chi connectivity index (χ4n) is 1.89. The standard InChI is InChI=1S/C10H18O4.C10H10/c1-3-13-9(11)7-5-6-8-10(12)14-4-2;1-3-9-7-5-6-8-10(9)4-2/h3-8H2,1-2H3;3-8H,1-2H2. The van der Waals surface area contributed by atoms with Gasteiger partial charge in [-0.05, 0) is 37.8 Å². The van der Waals surface area contributed by atoms with Gasteiger partial charge in [-0.2, -0.15) is 0 Å². The van der Waals surface area contributed by atoms with E-state index in [4.69, 9.17) is 9.47 Å². The molecular weight excluding hydrogens is 304 g/mol. The second-order valence-electron chi connectivity index (χ2n) is 4.85. The molecular formula is C20H28O4. The molecule has 0 saturated carbocycles. The average molecular weight is 332 g/mol. The highest BCUT2D eigenvalue weighted by molar-refractivity contribution is 5.70. The SMILES string of the molecule is C=Cc1ccccc1C=C.CCOC(=O)CCCCC(=O)OCC. The van der Waals surface area contributed by atoms with E-state index < -0.39 is 0 Å². The van der Waals surface area contributed by atoms with E-state index >= 15 is 0 Å². The first-order chi connectivity index (χ1) is 11.6. The number of carbonyl (C=O) groups excluding carboxylic acids is 2. The van der Waals surface area contributed by atoms with Crippen molar-refractivity contribution in [2.45, 2.75) is 39.5 Å². The molecule has 0 spiro atoms. The summed E-state index contributed by atoms with van der Waals surface area (Å²) in [5.41, 5.74) is 2.27. The van der Waals surface area contributed by atoms with Crippen molar-refractivity contribution in [3.63, 3.8) is 0 Å². The predicted molar refractivity (Wildman–Crippen MR) is 98.4 cm³/mol. The van der Waals surface area contributed by atoms with Crippen LogP contribution in [0.3, 0.4) is 0 Å². The Morgan fingerprint density at radius 3 is 1.54 bits per heavy atom. The number of carbonyl (C=O) groups is 2. The van der Waals surface area contributed by atoms with Crippen LogP contribution in [0.5, 0.6) is 0 Å². The maximum Gasteiger partial charge on any atom is 0.305 e. The highest BCUT2D eigenvalue weighted by Gasteiger charge is 2.04. The molecule has 0 atom stereocenters. The number of rotatable bonds is 9. The molecule has 0 fully saturated rings. The van der Waals surface area contributed by atoms with Crippen LogP contribution >= 0.6 is 0 Å². The van der Waals surface area contributed by atoms with Crippen LogP contribution < -0.4 is 0 Å². The van der Waals surface area contributed by atoms with E-state index in [1.54, 1.807) is 13.8 Å². The van der Waals surface area contributed by atoms with Crippen molar-refractivity contribution < 1.29 is 19.1 Å². The molecule has 132 valence electrons. The number of unbranched alkanes of at least 4 members (excludes halogenated alkanes) is 1. The molecule has 1 aromatic rings. The van der Waals surface area contributed by atoms with E-state index in [0.29, 0.717) is 38.9 Å². The molecule has 0 unspecified atom stereocenters. The molecule has 4 nitrogen and oxygen atoms in total. The largest absolute Gasteiger partial charge is 0.466 e. The Morgan fingerprint density at radius 2 is 1.25 bits per heavy atom. The third-order valence-electron chi connectivity index (χ3n) is 3.06. The molecule has 0 aliphatic carbocycles. The molecule has 0 amide bonds. The van der Waals surface area contributed by atoms with Crippen LogP contribution in [0.25, 0.3) is 12.2 Å². The maximum absolute atomic E-state index is 10.9. The third kappa shape index (κ3) is 10.4. The first kappa shape index (κ1) is 21.6. The Morgan fingerprint density at radius 1 is 0.875 bits per heavy atom. The number of ether oxygens (including phenoxy) is 2. The van der Waals surface area contributed by atoms with Crippen LogP contribution in [0.15, 0.2) is 37.4 Å². The first-order valence-corrected chi connectivity index (χ1v) is 8.24. The average Bonchev–Trinajstić information content (AvgIpc) is 2.59. The van der Waals surface area contributed by atoms with Gasteiger partial charge in [-0.1, -0.05) is 49.6 Å². The van der Waals surface area contributed by atoms with Gasteiger partial charge in [-0.3, -0.25) is 9.59 Å². The van der Waals surface area contributed by atoms with E-state index in [0.717, 1.165) is 11.1 Å². The van der Waals surface area contributed by atoms with Gasteiger partial charge in [0.25, 0.3) is 0 Å². The number of benzene rings is 1. The molecule has 0 N–H and O–H groups in total. The fraction of sp³-hybridized carbons (Fsp3) is 0.400. The maximum atomic E-state index is 10.9. The molecule has 24 heavy (non-hydrogen) atoms. The van der Waals surface area contributed by atoms with E-state index in [1.165, 1.54) is 0 Å². The van der Waals surface area contributed by atoms with Crippen LogP contribution in [-0.4, -0.2) is 25.2 Å². The monoisotopic (exact) mass is 332 g/mol. The minimum absolute atomic E-state index is 0.198. The summed E-state index contributed by atoms with van der Waals surface area (Å²) in [6.07, 6.45) is 5.78. The number of esters is 2. The smallest absolute Gasteiger partial charge is 0.305 e. The summed E-state index contributed by atoms with van der Waals surface area (Å²) in [6.45, 7) is 11.8. The van der Waals surface area contributed by atoms with Crippen molar-refractivity contribution in [3.8, 4) is 0 Å². The summed E-state index contributed by atoms with van der Waals surface area (Å²) in [7, 11) is 0. The second-order valence-corrected chi connectivity index (χ2v) is 4.85. The van der Waals surface area contributed by atoms with Gasteiger partial charge in [-0.15, -0.1) is 0 Å². The Kier molecular flexibility index (Phi) is 12.8. The molecule has 0 aromatic heterocycles. The summed E-state index contributed by atoms with van der Waals surface area (Å²) in [4.78, 5) is 21.8. The van der Waals surface area contributed by atoms with Crippen LogP contribution in [0.2, 0.25) is 0 Å². The molecule has 0 radical (unpaired) electrons. The quantitative estimate of drug-likeness (QED) is 0.488. The highest BCUT2D eigenvalue weighted by Crippen LogP contribution is 2.10. The van der Waals surface area contributed by atoms with Crippen LogP contribution in [0.4, 0.5) is 0 Å². The zero-order valence-electron chi connectivity index (χ0n) is 14.8. The number of hydrogen-bond donors (Lipinski definition) is 0. The molecule has 0 heterocycles. The van der Waals surface area contributed by atoms with Gasteiger partial charge in [-0.25, -0.2) is 0 Å². The van der Waals surface area contributed by atoms with Gasteiger partial charge in [0.05, 0.1) is 13.2 Å².